The van der Waals surface area contributed by atoms with Crippen molar-refractivity contribution in [1.29, 1.82) is 0 Å². The third kappa shape index (κ3) is 3.85. The van der Waals surface area contributed by atoms with Gasteiger partial charge in [-0.25, -0.2) is 0 Å². The largest absolute Gasteiger partial charge is 0.350 e. The van der Waals surface area contributed by atoms with Crippen LogP contribution in [0.15, 0.2) is 79.0 Å². The number of rotatable bonds is 5. The summed E-state index contributed by atoms with van der Waals surface area (Å²) in [6, 6.07) is 24.4. The molecule has 0 saturated carbocycles. The topological polar surface area (TPSA) is 59.8 Å². The van der Waals surface area contributed by atoms with Gasteiger partial charge in [0.2, 0.25) is 5.91 Å². The minimum Gasteiger partial charge on any atom is -0.350 e. The van der Waals surface area contributed by atoms with Gasteiger partial charge in [-0.15, -0.1) is 0 Å². The third-order valence-electron chi connectivity index (χ3n) is 5.68. The molecule has 1 N–H and O–H groups in total. The van der Waals surface area contributed by atoms with E-state index in [0.29, 0.717) is 6.54 Å². The summed E-state index contributed by atoms with van der Waals surface area (Å²) in [6.45, 7) is 4.76. The van der Waals surface area contributed by atoms with Gasteiger partial charge in [0.15, 0.2) is 0 Å². The second-order valence-electron chi connectivity index (χ2n) is 8.18. The number of aromatic nitrogens is 3. The van der Waals surface area contributed by atoms with E-state index in [1.54, 1.807) is 0 Å². The summed E-state index contributed by atoms with van der Waals surface area (Å²) in [5.74, 6) is -0.0775. The Morgan fingerprint density at radius 3 is 2.44 bits per heavy atom. The summed E-state index contributed by atoms with van der Waals surface area (Å²) < 4.78 is 1.81. The third-order valence-corrected chi connectivity index (χ3v) is 5.68. The fourth-order valence-corrected chi connectivity index (χ4v) is 4.00. The number of fused-ring (bicyclic) bond motifs is 3. The Balaban J connectivity index is 1.58. The molecule has 0 atom stereocenters. The van der Waals surface area contributed by atoms with Gasteiger partial charge in [0.1, 0.15) is 12.2 Å². The van der Waals surface area contributed by atoms with Gasteiger partial charge < -0.3 is 5.32 Å². The molecule has 2 heterocycles. The molecule has 2 aromatic heterocycles. The zero-order valence-corrected chi connectivity index (χ0v) is 18.2. The molecule has 5 heteroatoms. The SMILES string of the molecule is Cc1ccc(-c2nn(CC(=O)NCc3ccccc3)c3c2cnc2ccc(C)cc23)cc1. The van der Waals surface area contributed by atoms with Crippen molar-refractivity contribution in [2.45, 2.75) is 26.9 Å². The fourth-order valence-electron chi connectivity index (χ4n) is 4.00. The second kappa shape index (κ2) is 8.27. The van der Waals surface area contributed by atoms with Crippen molar-refractivity contribution in [3.05, 3.63) is 95.7 Å². The van der Waals surface area contributed by atoms with Gasteiger partial charge in [-0.05, 0) is 31.5 Å². The van der Waals surface area contributed by atoms with Gasteiger partial charge in [0, 0.05) is 29.1 Å². The maximum Gasteiger partial charge on any atom is 0.242 e. The van der Waals surface area contributed by atoms with Crippen LogP contribution in [0.2, 0.25) is 0 Å². The number of amides is 1. The van der Waals surface area contributed by atoms with Gasteiger partial charge >= 0.3 is 0 Å². The molecule has 0 unspecified atom stereocenters. The summed E-state index contributed by atoms with van der Waals surface area (Å²) in [7, 11) is 0. The van der Waals surface area contributed by atoms with Crippen molar-refractivity contribution in [2.24, 2.45) is 0 Å². The molecule has 0 bridgehead atoms. The lowest BCUT2D eigenvalue weighted by molar-refractivity contribution is -0.121. The maximum absolute atomic E-state index is 12.8. The molecule has 32 heavy (non-hydrogen) atoms. The number of benzene rings is 3. The highest BCUT2D eigenvalue weighted by molar-refractivity contribution is 6.08. The Kier molecular flexibility index (Phi) is 5.15. The summed E-state index contributed by atoms with van der Waals surface area (Å²) >= 11 is 0. The van der Waals surface area contributed by atoms with Crippen LogP contribution in [0, 0.1) is 13.8 Å². The normalized spacial score (nSPS) is 11.2. The van der Waals surface area contributed by atoms with Crippen LogP contribution in [0.25, 0.3) is 33.1 Å². The first-order valence-corrected chi connectivity index (χ1v) is 10.7. The average molecular weight is 421 g/mol. The van der Waals surface area contributed by atoms with Crippen molar-refractivity contribution in [1.82, 2.24) is 20.1 Å². The van der Waals surface area contributed by atoms with Crippen LogP contribution in [-0.2, 0) is 17.9 Å². The van der Waals surface area contributed by atoms with E-state index in [-0.39, 0.29) is 12.5 Å². The monoisotopic (exact) mass is 420 g/mol. The van der Waals surface area contributed by atoms with Crippen molar-refractivity contribution in [3.8, 4) is 11.3 Å². The zero-order valence-electron chi connectivity index (χ0n) is 18.2. The number of hydrogen-bond donors (Lipinski definition) is 1. The molecular formula is C27H24N4O. The van der Waals surface area contributed by atoms with Crippen LogP contribution >= 0.6 is 0 Å². The molecule has 0 radical (unpaired) electrons. The molecule has 0 spiro atoms. The molecule has 0 fully saturated rings. The lowest BCUT2D eigenvalue weighted by atomic mass is 10.0. The first-order chi connectivity index (χ1) is 15.6. The minimum absolute atomic E-state index is 0.0775. The van der Waals surface area contributed by atoms with E-state index >= 15 is 0 Å². The van der Waals surface area contributed by atoms with E-state index in [0.717, 1.165) is 44.2 Å². The van der Waals surface area contributed by atoms with E-state index in [9.17, 15) is 4.79 Å². The Bertz CT molecular complexity index is 1420. The predicted octanol–water partition coefficient (Wildman–Crippen LogP) is 5.18. The second-order valence-corrected chi connectivity index (χ2v) is 8.18. The Morgan fingerprint density at radius 2 is 1.66 bits per heavy atom. The van der Waals surface area contributed by atoms with Crippen molar-refractivity contribution >= 4 is 27.7 Å². The Hall–Kier alpha value is -3.99. The number of pyridine rings is 1. The van der Waals surface area contributed by atoms with Crippen molar-refractivity contribution in [3.63, 3.8) is 0 Å². The Morgan fingerprint density at radius 1 is 0.906 bits per heavy atom. The maximum atomic E-state index is 12.8. The number of nitrogens with zero attached hydrogens (tertiary/aromatic N) is 3. The van der Waals surface area contributed by atoms with Crippen LogP contribution in [0.5, 0.6) is 0 Å². The lowest BCUT2D eigenvalue weighted by Crippen LogP contribution is -2.27. The van der Waals surface area contributed by atoms with E-state index in [2.05, 4.69) is 60.5 Å². The van der Waals surface area contributed by atoms with Crippen LogP contribution < -0.4 is 5.32 Å². The highest BCUT2D eigenvalue weighted by atomic mass is 16.2. The molecule has 5 aromatic rings. The summed E-state index contributed by atoms with van der Waals surface area (Å²) in [5, 5.41) is 9.84. The van der Waals surface area contributed by atoms with Gasteiger partial charge in [0.25, 0.3) is 0 Å². The van der Waals surface area contributed by atoms with Gasteiger partial charge in [-0.1, -0.05) is 71.8 Å². The van der Waals surface area contributed by atoms with Crippen LogP contribution in [0.1, 0.15) is 16.7 Å². The average Bonchev–Trinajstić information content (AvgIpc) is 3.17. The summed E-state index contributed by atoms with van der Waals surface area (Å²) in [5.41, 5.74) is 7.08. The number of nitrogens with one attached hydrogen (secondary N) is 1. The lowest BCUT2D eigenvalue weighted by Gasteiger charge is -2.08. The minimum atomic E-state index is -0.0775. The van der Waals surface area contributed by atoms with E-state index in [1.165, 1.54) is 5.56 Å². The molecular weight excluding hydrogens is 396 g/mol. The smallest absolute Gasteiger partial charge is 0.242 e. The molecule has 0 saturated heterocycles. The van der Waals surface area contributed by atoms with Crippen molar-refractivity contribution < 1.29 is 4.79 Å². The van der Waals surface area contributed by atoms with Gasteiger partial charge in [-0.3, -0.25) is 14.5 Å². The number of carbonyl (C=O) groups excluding carboxylic acids is 1. The highest BCUT2D eigenvalue weighted by Gasteiger charge is 2.18. The quantitative estimate of drug-likeness (QED) is 0.426. The van der Waals surface area contributed by atoms with Gasteiger partial charge in [-0.2, -0.15) is 5.10 Å². The van der Waals surface area contributed by atoms with Crippen molar-refractivity contribution in [2.75, 3.05) is 0 Å². The van der Waals surface area contributed by atoms with Crippen LogP contribution in [-0.4, -0.2) is 20.7 Å². The first kappa shape index (κ1) is 19.9. The molecule has 5 rings (SSSR count). The van der Waals surface area contributed by atoms with E-state index in [1.807, 2.05) is 47.3 Å². The summed E-state index contributed by atoms with van der Waals surface area (Å²) in [4.78, 5) is 17.5. The summed E-state index contributed by atoms with van der Waals surface area (Å²) in [6.07, 6.45) is 1.87. The van der Waals surface area contributed by atoms with Crippen LogP contribution in [0.3, 0.4) is 0 Å². The van der Waals surface area contributed by atoms with Crippen LogP contribution in [0.4, 0.5) is 0 Å². The fraction of sp³-hybridized carbons (Fsp3) is 0.148. The number of hydrogen-bond acceptors (Lipinski definition) is 3. The molecule has 5 nitrogen and oxygen atoms in total. The number of carbonyl (C=O) groups is 1. The molecule has 0 aliphatic carbocycles. The molecule has 3 aromatic carbocycles. The highest BCUT2D eigenvalue weighted by Crippen LogP contribution is 2.32. The first-order valence-electron chi connectivity index (χ1n) is 10.7. The van der Waals surface area contributed by atoms with Gasteiger partial charge in [0.05, 0.1) is 11.0 Å². The molecule has 158 valence electrons. The predicted molar refractivity (Wildman–Crippen MR) is 128 cm³/mol. The molecule has 0 aliphatic rings. The standard InChI is InChI=1S/C27H24N4O/c1-18-8-11-21(12-9-18)26-23-16-28-24-13-10-19(2)14-22(24)27(23)31(30-26)17-25(32)29-15-20-6-4-3-5-7-20/h3-14,16H,15,17H2,1-2H3,(H,29,32). The van der Waals surface area contributed by atoms with E-state index in [4.69, 9.17) is 5.10 Å². The molecule has 1 amide bonds. The zero-order chi connectivity index (χ0) is 22.1. The number of aryl methyl sites for hydroxylation is 2. The van der Waals surface area contributed by atoms with E-state index < -0.39 is 0 Å². The Labute approximate surface area is 186 Å². The molecule has 0 aliphatic heterocycles.